The molecule has 0 aliphatic heterocycles. The van der Waals surface area contributed by atoms with Crippen molar-refractivity contribution in [2.45, 2.75) is 34.1 Å². The van der Waals surface area contributed by atoms with Crippen molar-refractivity contribution in [1.29, 1.82) is 0 Å². The highest BCUT2D eigenvalue weighted by molar-refractivity contribution is 5.76. The Bertz CT molecular complexity index is 319. The molecule has 5 heteroatoms. The van der Waals surface area contributed by atoms with E-state index in [0.717, 1.165) is 5.57 Å². The number of aliphatic carboxylic acids is 1. The Hall–Kier alpha value is -1.52. The number of hydrogen-bond acceptors (Lipinski definition) is 2. The molecular weight excluding hydrogens is 232 g/mol. The average Bonchev–Trinajstić information content (AvgIpc) is 2.19. The summed E-state index contributed by atoms with van der Waals surface area (Å²) in [4.78, 5) is 22.5. The highest BCUT2D eigenvalue weighted by Gasteiger charge is 2.24. The van der Waals surface area contributed by atoms with Crippen LogP contribution in [0.1, 0.15) is 34.1 Å². The molecule has 18 heavy (non-hydrogen) atoms. The quantitative estimate of drug-likeness (QED) is 0.636. The van der Waals surface area contributed by atoms with Crippen LogP contribution in [0.25, 0.3) is 0 Å². The van der Waals surface area contributed by atoms with Crippen LogP contribution in [-0.4, -0.2) is 30.2 Å². The van der Waals surface area contributed by atoms with Gasteiger partial charge in [0.1, 0.15) is 0 Å². The molecule has 3 N–H and O–H groups in total. The number of rotatable bonds is 6. The lowest BCUT2D eigenvalue weighted by Crippen LogP contribution is -2.41. The van der Waals surface area contributed by atoms with E-state index in [9.17, 15) is 9.59 Å². The zero-order valence-electron chi connectivity index (χ0n) is 11.7. The van der Waals surface area contributed by atoms with Crippen LogP contribution in [0.15, 0.2) is 12.2 Å². The summed E-state index contributed by atoms with van der Waals surface area (Å²) in [5, 5.41) is 14.2. The van der Waals surface area contributed by atoms with Crippen molar-refractivity contribution in [2.24, 2.45) is 11.3 Å². The Labute approximate surface area is 109 Å². The van der Waals surface area contributed by atoms with Crippen molar-refractivity contribution >= 4 is 12.0 Å². The molecule has 0 aliphatic carbocycles. The molecule has 0 heterocycles. The monoisotopic (exact) mass is 256 g/mol. The first-order chi connectivity index (χ1) is 8.11. The van der Waals surface area contributed by atoms with Gasteiger partial charge in [0.25, 0.3) is 0 Å². The molecule has 0 aromatic heterocycles. The number of carboxylic acid groups (broad SMARTS) is 1. The summed E-state index contributed by atoms with van der Waals surface area (Å²) in [5.41, 5.74) is 0.758. The van der Waals surface area contributed by atoms with Crippen LogP contribution >= 0.6 is 0 Å². The fourth-order valence-corrected chi connectivity index (χ4v) is 1.50. The van der Waals surface area contributed by atoms with Crippen LogP contribution in [0.3, 0.4) is 0 Å². The van der Waals surface area contributed by atoms with Crippen LogP contribution in [-0.2, 0) is 4.79 Å². The second kappa shape index (κ2) is 7.03. The van der Waals surface area contributed by atoms with Gasteiger partial charge in [-0.15, -0.1) is 0 Å². The van der Waals surface area contributed by atoms with Gasteiger partial charge in [-0.2, -0.15) is 0 Å². The van der Waals surface area contributed by atoms with Crippen molar-refractivity contribution in [2.75, 3.05) is 13.1 Å². The van der Waals surface area contributed by atoms with Crippen molar-refractivity contribution in [1.82, 2.24) is 10.6 Å². The Morgan fingerprint density at radius 1 is 1.28 bits per heavy atom. The fourth-order valence-electron chi connectivity index (χ4n) is 1.50. The first kappa shape index (κ1) is 16.5. The van der Waals surface area contributed by atoms with E-state index in [0.29, 0.717) is 13.0 Å². The van der Waals surface area contributed by atoms with Gasteiger partial charge in [-0.3, -0.25) is 4.79 Å². The van der Waals surface area contributed by atoms with E-state index in [4.69, 9.17) is 5.11 Å². The largest absolute Gasteiger partial charge is 0.481 e. The third-order valence-electron chi connectivity index (χ3n) is 2.27. The van der Waals surface area contributed by atoms with Crippen molar-refractivity contribution in [3.63, 3.8) is 0 Å². The van der Waals surface area contributed by atoms with Crippen LogP contribution in [0.5, 0.6) is 0 Å². The summed E-state index contributed by atoms with van der Waals surface area (Å²) >= 11 is 0. The van der Waals surface area contributed by atoms with Gasteiger partial charge >= 0.3 is 12.0 Å². The van der Waals surface area contributed by atoms with Gasteiger partial charge in [-0.1, -0.05) is 32.9 Å². The third kappa shape index (κ3) is 8.61. The average molecular weight is 256 g/mol. The zero-order chi connectivity index (χ0) is 14.3. The molecule has 1 unspecified atom stereocenters. The number of carboxylic acids is 1. The van der Waals surface area contributed by atoms with Gasteiger partial charge in [0.15, 0.2) is 0 Å². The van der Waals surface area contributed by atoms with Gasteiger partial charge in [0.05, 0.1) is 5.92 Å². The SMILES string of the molecule is C=C(C)CNC(=O)NCC(CC(C)(C)C)C(=O)O. The summed E-state index contributed by atoms with van der Waals surface area (Å²) in [5.74, 6) is -1.45. The van der Waals surface area contributed by atoms with E-state index in [1.807, 2.05) is 20.8 Å². The molecule has 0 spiro atoms. The summed E-state index contributed by atoms with van der Waals surface area (Å²) in [6, 6.07) is -0.363. The van der Waals surface area contributed by atoms with E-state index in [1.54, 1.807) is 6.92 Å². The van der Waals surface area contributed by atoms with Gasteiger partial charge in [0, 0.05) is 13.1 Å². The lowest BCUT2D eigenvalue weighted by Gasteiger charge is -2.23. The predicted octanol–water partition coefficient (Wildman–Crippen LogP) is 2.00. The standard InChI is InChI=1S/C13H24N2O3/c1-9(2)7-14-12(18)15-8-10(11(16)17)6-13(3,4)5/h10H,1,6-8H2,2-5H3,(H,16,17)(H2,14,15,18). The maximum Gasteiger partial charge on any atom is 0.315 e. The maximum absolute atomic E-state index is 11.4. The number of nitrogens with one attached hydrogen (secondary N) is 2. The molecule has 0 fully saturated rings. The van der Waals surface area contributed by atoms with Crippen LogP contribution in [0, 0.1) is 11.3 Å². The topological polar surface area (TPSA) is 78.4 Å². The summed E-state index contributed by atoms with van der Waals surface area (Å²) < 4.78 is 0. The molecule has 0 saturated carbocycles. The number of carbonyl (C=O) groups excluding carboxylic acids is 1. The van der Waals surface area contributed by atoms with Crippen molar-refractivity contribution in [3.05, 3.63) is 12.2 Å². The van der Waals surface area contributed by atoms with Gasteiger partial charge < -0.3 is 15.7 Å². The smallest absolute Gasteiger partial charge is 0.315 e. The van der Waals surface area contributed by atoms with E-state index in [1.165, 1.54) is 0 Å². The minimum Gasteiger partial charge on any atom is -0.481 e. The summed E-state index contributed by atoms with van der Waals surface area (Å²) in [6.07, 6.45) is 0.517. The van der Waals surface area contributed by atoms with Gasteiger partial charge in [-0.25, -0.2) is 4.79 Å². The normalized spacial score (nSPS) is 12.7. The third-order valence-corrected chi connectivity index (χ3v) is 2.27. The molecule has 104 valence electrons. The number of carbonyl (C=O) groups is 2. The molecule has 2 amide bonds. The van der Waals surface area contributed by atoms with E-state index in [2.05, 4.69) is 17.2 Å². The number of hydrogen-bond donors (Lipinski definition) is 3. The summed E-state index contributed by atoms with van der Waals surface area (Å²) in [6.45, 7) is 11.9. The van der Waals surface area contributed by atoms with Crippen LogP contribution < -0.4 is 10.6 Å². The maximum atomic E-state index is 11.4. The Kier molecular flexibility index (Phi) is 6.44. The van der Waals surface area contributed by atoms with Crippen LogP contribution in [0.4, 0.5) is 4.79 Å². The Morgan fingerprint density at radius 3 is 2.22 bits per heavy atom. The molecule has 0 radical (unpaired) electrons. The van der Waals surface area contributed by atoms with Crippen molar-refractivity contribution in [3.8, 4) is 0 Å². The predicted molar refractivity (Wildman–Crippen MR) is 71.4 cm³/mol. The first-order valence-corrected chi connectivity index (χ1v) is 6.00. The molecule has 0 bridgehead atoms. The Morgan fingerprint density at radius 2 is 1.83 bits per heavy atom. The van der Waals surface area contributed by atoms with Gasteiger partial charge in [-0.05, 0) is 18.8 Å². The van der Waals surface area contributed by atoms with E-state index < -0.39 is 11.9 Å². The van der Waals surface area contributed by atoms with Crippen molar-refractivity contribution < 1.29 is 14.7 Å². The Balaban J connectivity index is 4.16. The lowest BCUT2D eigenvalue weighted by atomic mass is 9.84. The zero-order valence-corrected chi connectivity index (χ0v) is 11.7. The first-order valence-electron chi connectivity index (χ1n) is 6.00. The molecule has 0 rings (SSSR count). The molecule has 0 saturated heterocycles. The molecular formula is C13H24N2O3. The fraction of sp³-hybridized carbons (Fsp3) is 0.692. The molecule has 5 nitrogen and oxygen atoms in total. The molecule has 0 aromatic rings. The van der Waals surface area contributed by atoms with Gasteiger partial charge in [0.2, 0.25) is 0 Å². The summed E-state index contributed by atoms with van der Waals surface area (Å²) in [7, 11) is 0. The van der Waals surface area contributed by atoms with E-state index in [-0.39, 0.29) is 18.0 Å². The second-order valence-corrected chi connectivity index (χ2v) is 5.82. The minimum atomic E-state index is -0.884. The number of amides is 2. The molecule has 0 aliphatic rings. The lowest BCUT2D eigenvalue weighted by molar-refractivity contribution is -0.142. The minimum absolute atomic E-state index is 0.0844. The molecule has 0 aromatic carbocycles. The molecule has 1 atom stereocenters. The second-order valence-electron chi connectivity index (χ2n) is 5.82. The van der Waals surface area contributed by atoms with E-state index >= 15 is 0 Å². The highest BCUT2D eigenvalue weighted by atomic mass is 16.4. The number of urea groups is 1. The highest BCUT2D eigenvalue weighted by Crippen LogP contribution is 2.24. The van der Waals surface area contributed by atoms with Crippen LogP contribution in [0.2, 0.25) is 0 Å².